The third-order valence-corrected chi connectivity index (χ3v) is 2.19. The van der Waals surface area contributed by atoms with Crippen LogP contribution >= 0.6 is 11.8 Å². The zero-order chi connectivity index (χ0) is 8.48. The van der Waals surface area contributed by atoms with Gasteiger partial charge in [-0.1, -0.05) is 11.8 Å². The van der Waals surface area contributed by atoms with E-state index in [-0.39, 0.29) is 5.54 Å². The second-order valence-corrected chi connectivity index (χ2v) is 4.28. The van der Waals surface area contributed by atoms with Gasteiger partial charge in [-0.15, -0.1) is 0 Å². The third kappa shape index (κ3) is 2.40. The van der Waals surface area contributed by atoms with E-state index >= 15 is 0 Å². The predicted molar refractivity (Wildman–Crippen MR) is 50.2 cm³/mol. The molecule has 0 saturated carbocycles. The Balaban J connectivity index is 2.74. The van der Waals surface area contributed by atoms with Crippen LogP contribution in [0.3, 0.4) is 0 Å². The van der Waals surface area contributed by atoms with E-state index in [2.05, 4.69) is 25.8 Å². The van der Waals surface area contributed by atoms with Gasteiger partial charge in [-0.25, -0.2) is 4.99 Å². The van der Waals surface area contributed by atoms with Crippen LogP contribution in [0.25, 0.3) is 0 Å². The summed E-state index contributed by atoms with van der Waals surface area (Å²) in [6.45, 7) is 6.37. The molecule has 0 radical (unpaired) electrons. The Hall–Kier alpha value is -0.180. The van der Waals surface area contributed by atoms with E-state index in [0.717, 1.165) is 11.7 Å². The van der Waals surface area contributed by atoms with Crippen molar-refractivity contribution < 1.29 is 4.74 Å². The van der Waals surface area contributed by atoms with Crippen LogP contribution in [0, 0.1) is 0 Å². The average Bonchev–Trinajstić information content (AvgIpc) is 1.83. The zero-order valence-corrected chi connectivity index (χ0v) is 8.36. The first-order chi connectivity index (χ1) is 5.03. The monoisotopic (exact) mass is 173 g/mol. The molecule has 0 aliphatic carbocycles. The van der Waals surface area contributed by atoms with Crippen LogP contribution in [0.2, 0.25) is 0 Å². The van der Waals surface area contributed by atoms with Gasteiger partial charge in [-0.05, 0) is 27.0 Å². The number of thioether (sulfide) groups is 1. The predicted octanol–water partition coefficient (Wildman–Crippen LogP) is 2.29. The SMILES string of the molecule is CSC1=NC(C)(C)C[C@@H](C)O1. The topological polar surface area (TPSA) is 21.6 Å². The molecule has 2 nitrogen and oxygen atoms in total. The zero-order valence-electron chi connectivity index (χ0n) is 7.55. The maximum absolute atomic E-state index is 5.48. The fraction of sp³-hybridized carbons (Fsp3) is 0.875. The highest BCUT2D eigenvalue weighted by molar-refractivity contribution is 8.12. The van der Waals surface area contributed by atoms with Gasteiger partial charge in [-0.2, -0.15) is 0 Å². The summed E-state index contributed by atoms with van der Waals surface area (Å²) in [5, 5.41) is 0.828. The van der Waals surface area contributed by atoms with Crippen LogP contribution in [0.5, 0.6) is 0 Å². The summed E-state index contributed by atoms with van der Waals surface area (Å²) in [4.78, 5) is 4.44. The first-order valence-electron chi connectivity index (χ1n) is 3.84. The number of rotatable bonds is 0. The molecule has 0 N–H and O–H groups in total. The standard InChI is InChI=1S/C8H15NOS/c1-6-5-8(2,3)9-7(10-6)11-4/h6H,5H2,1-4H3/t6-/m1/s1. The van der Waals surface area contributed by atoms with Crippen LogP contribution in [-0.2, 0) is 4.74 Å². The number of ether oxygens (including phenoxy) is 1. The van der Waals surface area contributed by atoms with Crippen molar-refractivity contribution in [2.24, 2.45) is 4.99 Å². The maximum Gasteiger partial charge on any atom is 0.246 e. The highest BCUT2D eigenvalue weighted by Crippen LogP contribution is 2.26. The summed E-state index contributed by atoms with van der Waals surface area (Å²) in [5.74, 6) is 0. The first-order valence-corrected chi connectivity index (χ1v) is 5.06. The molecule has 11 heavy (non-hydrogen) atoms. The van der Waals surface area contributed by atoms with Crippen molar-refractivity contribution in [3.8, 4) is 0 Å². The van der Waals surface area contributed by atoms with Gasteiger partial charge in [-0.3, -0.25) is 0 Å². The molecule has 1 aliphatic heterocycles. The molecule has 0 saturated heterocycles. The fourth-order valence-electron chi connectivity index (χ4n) is 1.33. The Morgan fingerprint density at radius 2 is 2.27 bits per heavy atom. The molecule has 0 unspecified atom stereocenters. The summed E-state index contributed by atoms with van der Waals surface area (Å²) in [5.41, 5.74) is 0.0655. The van der Waals surface area contributed by atoms with Gasteiger partial charge in [0.05, 0.1) is 5.54 Å². The summed E-state index contributed by atoms with van der Waals surface area (Å²) in [7, 11) is 0. The molecule has 1 heterocycles. The molecular formula is C8H15NOS. The van der Waals surface area contributed by atoms with E-state index in [0.29, 0.717) is 6.10 Å². The lowest BCUT2D eigenvalue weighted by atomic mass is 9.98. The number of hydrogen-bond acceptors (Lipinski definition) is 3. The largest absolute Gasteiger partial charge is 0.470 e. The lowest BCUT2D eigenvalue weighted by Gasteiger charge is -2.30. The van der Waals surface area contributed by atoms with Crippen molar-refractivity contribution >= 4 is 17.0 Å². The molecule has 0 aromatic rings. The Morgan fingerprint density at radius 1 is 1.64 bits per heavy atom. The molecular weight excluding hydrogens is 158 g/mol. The minimum atomic E-state index is 0.0655. The van der Waals surface area contributed by atoms with Gasteiger partial charge in [0, 0.05) is 6.42 Å². The third-order valence-electron chi connectivity index (χ3n) is 1.66. The van der Waals surface area contributed by atoms with Gasteiger partial charge in [0.1, 0.15) is 6.10 Å². The fourth-order valence-corrected chi connectivity index (χ4v) is 1.93. The van der Waals surface area contributed by atoms with Gasteiger partial charge in [0.2, 0.25) is 5.23 Å². The Morgan fingerprint density at radius 3 is 2.73 bits per heavy atom. The van der Waals surface area contributed by atoms with Gasteiger partial charge in [0.25, 0.3) is 0 Å². The molecule has 0 aromatic heterocycles. The second kappa shape index (κ2) is 3.05. The maximum atomic E-state index is 5.48. The van der Waals surface area contributed by atoms with E-state index in [9.17, 15) is 0 Å². The molecule has 0 aromatic carbocycles. The van der Waals surface area contributed by atoms with Crippen LogP contribution in [-0.4, -0.2) is 23.1 Å². The molecule has 1 aliphatic rings. The van der Waals surface area contributed by atoms with Gasteiger partial charge >= 0.3 is 0 Å². The van der Waals surface area contributed by atoms with E-state index in [1.807, 2.05) is 6.26 Å². The average molecular weight is 173 g/mol. The van der Waals surface area contributed by atoms with Crippen molar-refractivity contribution in [3.63, 3.8) is 0 Å². The minimum absolute atomic E-state index is 0.0655. The molecule has 0 amide bonds. The first kappa shape index (κ1) is 8.91. The number of hydrogen-bond donors (Lipinski definition) is 0. The summed E-state index contributed by atoms with van der Waals surface area (Å²) in [6.07, 6.45) is 3.31. The minimum Gasteiger partial charge on any atom is -0.470 e. The Kier molecular flexibility index (Phi) is 2.47. The van der Waals surface area contributed by atoms with Crippen molar-refractivity contribution in [3.05, 3.63) is 0 Å². The molecule has 3 heteroatoms. The highest BCUT2D eigenvalue weighted by Gasteiger charge is 2.27. The molecule has 0 fully saturated rings. The van der Waals surface area contributed by atoms with Crippen LogP contribution in [0.4, 0.5) is 0 Å². The summed E-state index contributed by atoms with van der Waals surface area (Å²) < 4.78 is 5.48. The number of nitrogens with zero attached hydrogens (tertiary/aromatic N) is 1. The van der Waals surface area contributed by atoms with Crippen molar-refractivity contribution in [2.75, 3.05) is 6.26 Å². The number of aliphatic imine (C=N–C) groups is 1. The van der Waals surface area contributed by atoms with Crippen LogP contribution in [0.1, 0.15) is 27.2 Å². The van der Waals surface area contributed by atoms with Crippen molar-refractivity contribution in [1.82, 2.24) is 0 Å². The molecule has 1 rings (SSSR count). The second-order valence-electron chi connectivity index (χ2n) is 3.53. The van der Waals surface area contributed by atoms with E-state index in [4.69, 9.17) is 4.74 Å². The van der Waals surface area contributed by atoms with E-state index in [1.54, 1.807) is 11.8 Å². The van der Waals surface area contributed by atoms with Gasteiger partial charge < -0.3 is 4.74 Å². The molecule has 64 valence electrons. The van der Waals surface area contributed by atoms with E-state index < -0.39 is 0 Å². The van der Waals surface area contributed by atoms with Crippen molar-refractivity contribution in [2.45, 2.75) is 38.8 Å². The van der Waals surface area contributed by atoms with E-state index in [1.165, 1.54) is 0 Å². The van der Waals surface area contributed by atoms with Crippen LogP contribution < -0.4 is 0 Å². The molecule has 0 spiro atoms. The smallest absolute Gasteiger partial charge is 0.246 e. The molecule has 0 bridgehead atoms. The molecule has 1 atom stereocenters. The lowest BCUT2D eigenvalue weighted by molar-refractivity contribution is 0.152. The van der Waals surface area contributed by atoms with Crippen molar-refractivity contribution in [1.29, 1.82) is 0 Å². The Bertz CT molecular complexity index is 177. The summed E-state index contributed by atoms with van der Waals surface area (Å²) >= 11 is 1.58. The van der Waals surface area contributed by atoms with Crippen LogP contribution in [0.15, 0.2) is 4.99 Å². The highest BCUT2D eigenvalue weighted by atomic mass is 32.2. The quantitative estimate of drug-likeness (QED) is 0.560. The lowest BCUT2D eigenvalue weighted by Crippen LogP contribution is -2.32. The summed E-state index contributed by atoms with van der Waals surface area (Å²) in [6, 6.07) is 0. The Labute approximate surface area is 72.4 Å². The normalized spacial score (nSPS) is 29.1. The van der Waals surface area contributed by atoms with Gasteiger partial charge in [0.15, 0.2) is 0 Å².